The van der Waals surface area contributed by atoms with Gasteiger partial charge in [0.1, 0.15) is 18.3 Å². The molecule has 8 heteroatoms. The number of hydrogen-bond acceptors (Lipinski definition) is 7. The average molecular weight is 475 g/mol. The number of esters is 1. The van der Waals surface area contributed by atoms with Crippen LogP contribution < -0.4 is 10.4 Å². The largest absolute Gasteiger partial charge is 0.454 e. The summed E-state index contributed by atoms with van der Waals surface area (Å²) in [6, 6.07) is 19.9. The van der Waals surface area contributed by atoms with Crippen molar-refractivity contribution in [2.45, 2.75) is 63.4 Å². The Hall–Kier alpha value is -2.07. The van der Waals surface area contributed by atoms with Crippen molar-refractivity contribution in [3.05, 3.63) is 60.7 Å². The molecule has 0 unspecified atom stereocenters. The lowest BCUT2D eigenvalue weighted by Crippen LogP contribution is -2.72. The molecule has 1 aliphatic rings. The minimum Gasteiger partial charge on any atom is -0.454 e. The van der Waals surface area contributed by atoms with E-state index in [0.717, 1.165) is 10.4 Å². The highest BCUT2D eigenvalue weighted by atomic mass is 28.4. The van der Waals surface area contributed by atoms with Gasteiger partial charge in [-0.25, -0.2) is 0 Å². The third-order valence-corrected chi connectivity index (χ3v) is 11.1. The number of methoxy groups -OCH3 is 1. The van der Waals surface area contributed by atoms with Crippen molar-refractivity contribution in [3.63, 3.8) is 0 Å². The molecule has 0 radical (unpaired) electrons. The Morgan fingerprint density at radius 3 is 1.91 bits per heavy atom. The highest BCUT2D eigenvalue weighted by Gasteiger charge is 2.57. The van der Waals surface area contributed by atoms with Gasteiger partial charge in [-0.05, 0) is 15.4 Å². The summed E-state index contributed by atoms with van der Waals surface area (Å²) in [4.78, 5) is 12.0. The monoisotopic (exact) mass is 474 g/mol. The van der Waals surface area contributed by atoms with Crippen molar-refractivity contribution in [1.29, 1.82) is 0 Å². The van der Waals surface area contributed by atoms with E-state index in [-0.39, 0.29) is 5.04 Å². The maximum absolute atomic E-state index is 12.0. The summed E-state index contributed by atoms with van der Waals surface area (Å²) < 4.78 is 23.7. The Labute approximate surface area is 196 Å². The Morgan fingerprint density at radius 1 is 1.00 bits per heavy atom. The van der Waals surface area contributed by atoms with Gasteiger partial charge in [0.2, 0.25) is 0 Å². The van der Waals surface area contributed by atoms with Gasteiger partial charge in [-0.1, -0.05) is 81.4 Å². The molecule has 1 heterocycles. The SMILES string of the molecule is CO[C@H]1O[C@H](CO)[C@@H](O)[C@H](O[Si](c2ccccc2)(c2ccccc2)C(C)(C)C)[C@H]1OC(C)=O. The Balaban J connectivity index is 2.22. The van der Waals surface area contributed by atoms with Crippen molar-refractivity contribution in [2.75, 3.05) is 13.7 Å². The Morgan fingerprint density at radius 2 is 1.52 bits per heavy atom. The fourth-order valence-electron chi connectivity index (χ4n) is 4.58. The summed E-state index contributed by atoms with van der Waals surface area (Å²) in [5.74, 6) is -0.545. The molecule has 0 aromatic heterocycles. The zero-order chi connectivity index (χ0) is 24.2. The van der Waals surface area contributed by atoms with Gasteiger partial charge in [0.05, 0.1) is 6.61 Å². The van der Waals surface area contributed by atoms with E-state index in [0.29, 0.717) is 0 Å². The maximum Gasteiger partial charge on any atom is 0.303 e. The maximum atomic E-state index is 12.0. The van der Waals surface area contributed by atoms with Crippen LogP contribution in [0.4, 0.5) is 0 Å². The first-order chi connectivity index (χ1) is 15.7. The number of aliphatic hydroxyl groups is 2. The minimum atomic E-state index is -3.10. The van der Waals surface area contributed by atoms with Gasteiger partial charge in [0.25, 0.3) is 8.32 Å². The summed E-state index contributed by atoms with van der Waals surface area (Å²) in [5.41, 5.74) is 0. The molecular formula is C25H34O7Si. The topological polar surface area (TPSA) is 94.5 Å². The number of benzene rings is 2. The van der Waals surface area contributed by atoms with Gasteiger partial charge in [0, 0.05) is 14.0 Å². The van der Waals surface area contributed by atoms with Crippen LogP contribution in [0.1, 0.15) is 27.7 Å². The molecular weight excluding hydrogens is 440 g/mol. The molecule has 5 atom stereocenters. The van der Waals surface area contributed by atoms with Gasteiger partial charge in [0.15, 0.2) is 12.4 Å². The highest BCUT2D eigenvalue weighted by molar-refractivity contribution is 6.99. The molecule has 1 aliphatic heterocycles. The normalized spacial score (nSPS) is 26.1. The number of hydrogen-bond donors (Lipinski definition) is 2. The first-order valence-corrected chi connectivity index (χ1v) is 13.0. The molecule has 7 nitrogen and oxygen atoms in total. The molecule has 0 saturated carbocycles. The number of carbonyl (C=O) groups excluding carboxylic acids is 1. The number of carbonyl (C=O) groups is 1. The van der Waals surface area contributed by atoms with Crippen LogP contribution in [0.2, 0.25) is 5.04 Å². The standard InChI is InChI=1S/C25H34O7Si/c1-17(27)30-23-22(21(28)20(16-26)31-24(23)29-5)32-33(25(2,3)4,18-12-8-6-9-13-18)19-14-10-7-11-15-19/h6-15,20-24,26,28H,16H2,1-5H3/t20-,21-,22+,23-,24+/m1/s1. The molecule has 180 valence electrons. The Bertz CT molecular complexity index is 860. The van der Waals surface area contributed by atoms with Crippen molar-refractivity contribution in [1.82, 2.24) is 0 Å². The highest BCUT2D eigenvalue weighted by Crippen LogP contribution is 2.40. The summed E-state index contributed by atoms with van der Waals surface area (Å²) in [6.45, 7) is 7.20. The number of ether oxygens (including phenoxy) is 3. The molecule has 1 fully saturated rings. The second-order valence-electron chi connectivity index (χ2n) is 9.27. The van der Waals surface area contributed by atoms with Gasteiger partial charge in [-0.2, -0.15) is 0 Å². The Kier molecular flexibility index (Phi) is 8.10. The fourth-order valence-corrected chi connectivity index (χ4v) is 9.27. The van der Waals surface area contributed by atoms with E-state index < -0.39 is 51.6 Å². The summed E-state index contributed by atoms with van der Waals surface area (Å²) in [5, 5.41) is 22.7. The molecule has 0 amide bonds. The predicted molar refractivity (Wildman–Crippen MR) is 127 cm³/mol. The minimum absolute atomic E-state index is 0.369. The molecule has 2 aromatic rings. The lowest BCUT2D eigenvalue weighted by molar-refractivity contribution is -0.294. The van der Waals surface area contributed by atoms with E-state index in [2.05, 4.69) is 20.8 Å². The first-order valence-electron chi connectivity index (χ1n) is 11.1. The van der Waals surface area contributed by atoms with E-state index >= 15 is 0 Å². The lowest BCUT2D eigenvalue weighted by Gasteiger charge is -2.50. The van der Waals surface area contributed by atoms with Crippen LogP contribution in [0, 0.1) is 0 Å². The van der Waals surface area contributed by atoms with Gasteiger partial charge in [-0.3, -0.25) is 4.79 Å². The molecule has 2 N–H and O–H groups in total. The van der Waals surface area contributed by atoms with Gasteiger partial charge in [-0.15, -0.1) is 0 Å². The molecule has 33 heavy (non-hydrogen) atoms. The van der Waals surface area contributed by atoms with Crippen LogP contribution in [0.3, 0.4) is 0 Å². The van der Waals surface area contributed by atoms with E-state index in [4.69, 9.17) is 18.6 Å². The smallest absolute Gasteiger partial charge is 0.303 e. The molecule has 0 spiro atoms. The summed E-state index contributed by atoms with van der Waals surface area (Å²) in [7, 11) is -1.68. The van der Waals surface area contributed by atoms with Crippen molar-refractivity contribution < 1.29 is 33.6 Å². The zero-order valence-electron chi connectivity index (χ0n) is 19.8. The van der Waals surface area contributed by atoms with Gasteiger partial charge < -0.3 is 28.8 Å². The molecule has 0 aliphatic carbocycles. The van der Waals surface area contributed by atoms with Crippen LogP contribution in [0.15, 0.2) is 60.7 Å². The van der Waals surface area contributed by atoms with Gasteiger partial charge >= 0.3 is 5.97 Å². The number of aliphatic hydroxyl groups excluding tert-OH is 2. The van der Waals surface area contributed by atoms with E-state index in [1.165, 1.54) is 14.0 Å². The van der Waals surface area contributed by atoms with E-state index in [9.17, 15) is 15.0 Å². The molecule has 1 saturated heterocycles. The average Bonchev–Trinajstić information content (AvgIpc) is 2.79. The second kappa shape index (κ2) is 10.5. The van der Waals surface area contributed by atoms with Crippen LogP contribution >= 0.6 is 0 Å². The van der Waals surface area contributed by atoms with Crippen LogP contribution in [0.5, 0.6) is 0 Å². The van der Waals surface area contributed by atoms with Crippen molar-refractivity contribution >= 4 is 24.7 Å². The van der Waals surface area contributed by atoms with Crippen LogP contribution in [-0.4, -0.2) is 68.9 Å². The summed E-state index contributed by atoms with van der Waals surface area (Å²) in [6.07, 6.45) is -5.21. The number of rotatable bonds is 7. The van der Waals surface area contributed by atoms with Crippen molar-refractivity contribution in [3.8, 4) is 0 Å². The molecule has 2 aromatic carbocycles. The molecule has 3 rings (SSSR count). The zero-order valence-corrected chi connectivity index (χ0v) is 20.8. The van der Waals surface area contributed by atoms with E-state index in [1.54, 1.807) is 0 Å². The molecule has 0 bridgehead atoms. The third-order valence-electron chi connectivity index (χ3n) is 6.06. The first kappa shape index (κ1) is 25.5. The van der Waals surface area contributed by atoms with Crippen molar-refractivity contribution in [2.24, 2.45) is 0 Å². The second-order valence-corrected chi connectivity index (χ2v) is 13.5. The third kappa shape index (κ3) is 5.06. The van der Waals surface area contributed by atoms with E-state index in [1.807, 2.05) is 60.7 Å². The fraction of sp³-hybridized carbons (Fsp3) is 0.480. The summed E-state index contributed by atoms with van der Waals surface area (Å²) >= 11 is 0. The lowest BCUT2D eigenvalue weighted by atomic mass is 9.99. The quantitative estimate of drug-likeness (QED) is 0.465. The van der Waals surface area contributed by atoms with Crippen LogP contribution in [-0.2, 0) is 23.4 Å². The van der Waals surface area contributed by atoms with Crippen LogP contribution in [0.25, 0.3) is 0 Å². The predicted octanol–water partition coefficient (Wildman–Crippen LogP) is 1.59.